The molecule has 1 aromatic heterocycles. The summed E-state index contributed by atoms with van der Waals surface area (Å²) in [6.45, 7) is 1.78. The summed E-state index contributed by atoms with van der Waals surface area (Å²) in [6.07, 6.45) is -1.03. The molecule has 0 saturated heterocycles. The largest absolute Gasteiger partial charge is 0.496 e. The predicted molar refractivity (Wildman–Crippen MR) is 60.5 cm³/mol. The van der Waals surface area contributed by atoms with Crippen molar-refractivity contribution < 1.29 is 18.7 Å². The molecule has 17 heavy (non-hydrogen) atoms. The molecule has 1 atom stereocenters. The van der Waals surface area contributed by atoms with Crippen LogP contribution in [0.5, 0.6) is 5.75 Å². The number of rotatable bonds is 3. The minimum absolute atomic E-state index is 0.349. The van der Waals surface area contributed by atoms with Crippen molar-refractivity contribution in [2.24, 2.45) is 0 Å². The van der Waals surface area contributed by atoms with Gasteiger partial charge in [-0.2, -0.15) is 0 Å². The van der Waals surface area contributed by atoms with E-state index in [0.29, 0.717) is 22.8 Å². The maximum atomic E-state index is 13.2. The van der Waals surface area contributed by atoms with Crippen LogP contribution in [0.15, 0.2) is 34.7 Å². The van der Waals surface area contributed by atoms with Crippen LogP contribution in [0.2, 0.25) is 0 Å². The van der Waals surface area contributed by atoms with Gasteiger partial charge >= 0.3 is 0 Å². The number of aryl methyl sites for hydroxylation is 1. The van der Waals surface area contributed by atoms with Crippen LogP contribution in [-0.4, -0.2) is 12.2 Å². The minimum Gasteiger partial charge on any atom is -0.496 e. The van der Waals surface area contributed by atoms with Crippen molar-refractivity contribution in [2.45, 2.75) is 13.0 Å². The fraction of sp³-hybridized carbons (Fsp3) is 0.231. The van der Waals surface area contributed by atoms with Crippen LogP contribution in [0.3, 0.4) is 0 Å². The van der Waals surface area contributed by atoms with E-state index in [1.165, 1.54) is 25.3 Å². The number of halogens is 1. The van der Waals surface area contributed by atoms with E-state index in [-0.39, 0.29) is 0 Å². The van der Waals surface area contributed by atoms with E-state index in [0.717, 1.165) is 0 Å². The molecule has 0 unspecified atom stereocenters. The van der Waals surface area contributed by atoms with Crippen molar-refractivity contribution in [3.8, 4) is 5.75 Å². The topological polar surface area (TPSA) is 42.6 Å². The highest BCUT2D eigenvalue weighted by molar-refractivity contribution is 5.38. The molecule has 4 heteroatoms. The summed E-state index contributed by atoms with van der Waals surface area (Å²) in [5.74, 6) is 1.05. The normalized spacial score (nSPS) is 12.5. The zero-order chi connectivity index (χ0) is 12.4. The molecule has 0 spiro atoms. The third kappa shape index (κ3) is 2.31. The van der Waals surface area contributed by atoms with E-state index in [1.807, 2.05) is 0 Å². The Hall–Kier alpha value is -1.81. The van der Waals surface area contributed by atoms with Crippen molar-refractivity contribution >= 4 is 0 Å². The number of hydrogen-bond donors (Lipinski definition) is 1. The van der Waals surface area contributed by atoms with Gasteiger partial charge in [-0.3, -0.25) is 0 Å². The molecule has 90 valence electrons. The molecule has 3 nitrogen and oxygen atoms in total. The number of hydrogen-bond acceptors (Lipinski definition) is 3. The van der Waals surface area contributed by atoms with E-state index < -0.39 is 11.9 Å². The molecule has 2 rings (SSSR count). The van der Waals surface area contributed by atoms with Gasteiger partial charge < -0.3 is 14.3 Å². The number of furan rings is 1. The minimum atomic E-state index is -1.03. The van der Waals surface area contributed by atoms with Crippen molar-refractivity contribution in [3.63, 3.8) is 0 Å². The highest BCUT2D eigenvalue weighted by Gasteiger charge is 2.19. The van der Waals surface area contributed by atoms with Crippen LogP contribution in [-0.2, 0) is 0 Å². The first-order valence-electron chi connectivity index (χ1n) is 5.19. The van der Waals surface area contributed by atoms with Gasteiger partial charge in [0.15, 0.2) is 0 Å². The van der Waals surface area contributed by atoms with Gasteiger partial charge in [-0.05, 0) is 37.3 Å². The Balaban J connectivity index is 2.42. The number of aliphatic hydroxyl groups is 1. The summed E-state index contributed by atoms with van der Waals surface area (Å²) in [5.41, 5.74) is 0.349. The molecular formula is C13H13FO3. The first-order chi connectivity index (χ1) is 8.11. The maximum absolute atomic E-state index is 13.2. The van der Waals surface area contributed by atoms with Gasteiger partial charge in [0, 0.05) is 5.56 Å². The summed E-state index contributed by atoms with van der Waals surface area (Å²) in [7, 11) is 1.47. The Kier molecular flexibility index (Phi) is 3.15. The van der Waals surface area contributed by atoms with Crippen molar-refractivity contribution in [1.29, 1.82) is 0 Å². The zero-order valence-corrected chi connectivity index (χ0v) is 9.61. The molecule has 0 aliphatic rings. The molecule has 0 aliphatic carbocycles. The first kappa shape index (κ1) is 11.7. The molecule has 2 aromatic rings. The zero-order valence-electron chi connectivity index (χ0n) is 9.61. The molecule has 0 aliphatic heterocycles. The van der Waals surface area contributed by atoms with Crippen molar-refractivity contribution in [3.05, 3.63) is 53.2 Å². The predicted octanol–water partition coefficient (Wildman–Crippen LogP) is 2.82. The van der Waals surface area contributed by atoms with Gasteiger partial charge in [0.1, 0.15) is 29.2 Å². The second-order valence-electron chi connectivity index (χ2n) is 3.74. The summed E-state index contributed by atoms with van der Waals surface area (Å²) < 4.78 is 23.6. The number of aliphatic hydroxyl groups excluding tert-OH is 1. The molecular weight excluding hydrogens is 223 g/mol. The SMILES string of the molecule is COc1ccc(F)cc1[C@@H](O)c1ccc(C)o1. The van der Waals surface area contributed by atoms with Crippen molar-refractivity contribution in [2.75, 3.05) is 7.11 Å². The van der Waals surface area contributed by atoms with Crippen LogP contribution < -0.4 is 4.74 Å². The van der Waals surface area contributed by atoms with E-state index in [4.69, 9.17) is 9.15 Å². The van der Waals surface area contributed by atoms with Gasteiger partial charge in [0.05, 0.1) is 7.11 Å². The highest BCUT2D eigenvalue weighted by Crippen LogP contribution is 2.31. The molecule has 0 bridgehead atoms. The lowest BCUT2D eigenvalue weighted by molar-refractivity contribution is 0.183. The molecule has 1 heterocycles. The van der Waals surface area contributed by atoms with Gasteiger partial charge in [0.2, 0.25) is 0 Å². The average Bonchev–Trinajstić information content (AvgIpc) is 2.75. The van der Waals surface area contributed by atoms with E-state index in [2.05, 4.69) is 0 Å². The Morgan fingerprint density at radius 1 is 1.29 bits per heavy atom. The van der Waals surface area contributed by atoms with Crippen LogP contribution >= 0.6 is 0 Å². The summed E-state index contributed by atoms with van der Waals surface area (Å²) >= 11 is 0. The Bertz CT molecular complexity index is 519. The second-order valence-corrected chi connectivity index (χ2v) is 3.74. The second kappa shape index (κ2) is 4.59. The molecule has 1 N–H and O–H groups in total. The first-order valence-corrected chi connectivity index (χ1v) is 5.19. The molecule has 0 fully saturated rings. The highest BCUT2D eigenvalue weighted by atomic mass is 19.1. The maximum Gasteiger partial charge on any atom is 0.140 e. The Morgan fingerprint density at radius 2 is 2.06 bits per heavy atom. The summed E-state index contributed by atoms with van der Waals surface area (Å²) in [6, 6.07) is 7.39. The third-order valence-electron chi connectivity index (χ3n) is 2.52. The number of ether oxygens (including phenoxy) is 1. The van der Waals surface area contributed by atoms with Crippen LogP contribution in [0.1, 0.15) is 23.2 Å². The van der Waals surface area contributed by atoms with Crippen molar-refractivity contribution in [1.82, 2.24) is 0 Å². The fourth-order valence-corrected chi connectivity index (χ4v) is 1.67. The van der Waals surface area contributed by atoms with E-state index in [1.54, 1.807) is 19.1 Å². The summed E-state index contributed by atoms with van der Waals surface area (Å²) in [5, 5.41) is 10.1. The quantitative estimate of drug-likeness (QED) is 0.891. The standard InChI is InChI=1S/C13H13FO3/c1-8-3-5-12(17-8)13(15)10-7-9(14)4-6-11(10)16-2/h3-7,13,15H,1-2H3/t13-/m1/s1. The van der Waals surface area contributed by atoms with Crippen LogP contribution in [0, 0.1) is 12.7 Å². The molecule has 1 aromatic carbocycles. The van der Waals surface area contributed by atoms with Gasteiger partial charge in [-0.25, -0.2) is 4.39 Å². The van der Waals surface area contributed by atoms with Gasteiger partial charge in [-0.1, -0.05) is 0 Å². The van der Waals surface area contributed by atoms with Crippen LogP contribution in [0.25, 0.3) is 0 Å². The molecule has 0 radical (unpaired) electrons. The lowest BCUT2D eigenvalue weighted by Crippen LogP contribution is -2.02. The third-order valence-corrected chi connectivity index (χ3v) is 2.52. The monoisotopic (exact) mass is 236 g/mol. The van der Waals surface area contributed by atoms with E-state index in [9.17, 15) is 9.50 Å². The Morgan fingerprint density at radius 3 is 2.65 bits per heavy atom. The molecule has 0 amide bonds. The Labute approximate surface area is 98.5 Å². The lowest BCUT2D eigenvalue weighted by Gasteiger charge is -2.12. The molecule has 0 saturated carbocycles. The number of benzene rings is 1. The van der Waals surface area contributed by atoms with Gasteiger partial charge in [0.25, 0.3) is 0 Å². The smallest absolute Gasteiger partial charge is 0.140 e. The van der Waals surface area contributed by atoms with E-state index >= 15 is 0 Å². The lowest BCUT2D eigenvalue weighted by atomic mass is 10.1. The van der Waals surface area contributed by atoms with Crippen LogP contribution in [0.4, 0.5) is 4.39 Å². The summed E-state index contributed by atoms with van der Waals surface area (Å²) in [4.78, 5) is 0. The number of methoxy groups -OCH3 is 1. The van der Waals surface area contributed by atoms with Gasteiger partial charge in [-0.15, -0.1) is 0 Å². The average molecular weight is 236 g/mol. The fourth-order valence-electron chi connectivity index (χ4n) is 1.67.